The van der Waals surface area contributed by atoms with Gasteiger partial charge in [0.1, 0.15) is 23.1 Å². The maximum absolute atomic E-state index is 12.3. The van der Waals surface area contributed by atoms with Crippen LogP contribution in [0.5, 0.6) is 11.5 Å². The molecule has 0 spiro atoms. The Hall–Kier alpha value is -2.48. The number of hydrogen-bond donors (Lipinski definition) is 1. The van der Waals surface area contributed by atoms with Crippen LogP contribution in [0.15, 0.2) is 23.8 Å². The van der Waals surface area contributed by atoms with Crippen LogP contribution in [-0.2, 0) is 4.79 Å². The molecule has 1 aromatic carbocycles. The number of rotatable bonds is 7. The molecule has 1 amide bonds. The van der Waals surface area contributed by atoms with Gasteiger partial charge in [-0.15, -0.1) is 0 Å². The van der Waals surface area contributed by atoms with Crippen LogP contribution in [0.4, 0.5) is 0 Å². The van der Waals surface area contributed by atoms with E-state index in [9.17, 15) is 10.1 Å². The molecule has 1 N–H and O–H groups in total. The first-order valence-corrected chi connectivity index (χ1v) is 8.50. The highest BCUT2D eigenvalue weighted by Gasteiger charge is 2.19. The molecule has 0 radical (unpaired) electrons. The Morgan fingerprint density at radius 1 is 1.29 bits per heavy atom. The fourth-order valence-electron chi connectivity index (χ4n) is 2.81. The molecule has 0 atom stereocenters. The monoisotopic (exact) mass is 328 g/mol. The quantitative estimate of drug-likeness (QED) is 0.615. The number of hydrogen-bond acceptors (Lipinski definition) is 4. The highest BCUT2D eigenvalue weighted by molar-refractivity contribution is 6.02. The third-order valence-electron chi connectivity index (χ3n) is 3.95. The highest BCUT2D eigenvalue weighted by Crippen LogP contribution is 2.27. The Labute approximate surface area is 143 Å². The summed E-state index contributed by atoms with van der Waals surface area (Å²) in [6.07, 6.45) is 5.80. The van der Waals surface area contributed by atoms with Gasteiger partial charge in [-0.05, 0) is 44.9 Å². The zero-order valence-corrected chi connectivity index (χ0v) is 14.3. The Morgan fingerprint density at radius 2 is 2.00 bits per heavy atom. The fraction of sp³-hybridized carbons (Fsp3) is 0.474. The molecule has 5 heteroatoms. The molecule has 0 aromatic heterocycles. The number of nitrogens with zero attached hydrogens (tertiary/aromatic N) is 1. The molecule has 0 unspecified atom stereocenters. The minimum absolute atomic E-state index is 0.0898. The van der Waals surface area contributed by atoms with E-state index in [0.717, 1.165) is 25.7 Å². The second kappa shape index (κ2) is 8.97. The van der Waals surface area contributed by atoms with Crippen molar-refractivity contribution in [3.63, 3.8) is 0 Å². The predicted molar refractivity (Wildman–Crippen MR) is 92.8 cm³/mol. The first-order valence-electron chi connectivity index (χ1n) is 8.50. The molecular formula is C19H24N2O3. The van der Waals surface area contributed by atoms with E-state index in [-0.39, 0.29) is 17.5 Å². The number of amides is 1. The van der Waals surface area contributed by atoms with E-state index in [1.165, 1.54) is 0 Å². The maximum atomic E-state index is 12.3. The van der Waals surface area contributed by atoms with Gasteiger partial charge in [0.15, 0.2) is 0 Å². The summed E-state index contributed by atoms with van der Waals surface area (Å²) in [6.45, 7) is 4.86. The summed E-state index contributed by atoms with van der Waals surface area (Å²) in [5.74, 6) is 0.984. The molecule has 1 fully saturated rings. The Morgan fingerprint density at radius 3 is 2.62 bits per heavy atom. The summed E-state index contributed by atoms with van der Waals surface area (Å²) in [5.41, 5.74) is 0.783. The highest BCUT2D eigenvalue weighted by atomic mass is 16.5. The van der Waals surface area contributed by atoms with E-state index in [1.54, 1.807) is 18.2 Å². The Bertz CT molecular complexity index is 641. The Kier molecular flexibility index (Phi) is 6.68. The molecule has 0 bridgehead atoms. The summed E-state index contributed by atoms with van der Waals surface area (Å²) in [4.78, 5) is 12.3. The van der Waals surface area contributed by atoms with Crippen molar-refractivity contribution < 1.29 is 14.3 Å². The average molecular weight is 328 g/mol. The number of ether oxygens (including phenoxy) is 2. The van der Waals surface area contributed by atoms with E-state index in [0.29, 0.717) is 30.3 Å². The van der Waals surface area contributed by atoms with Gasteiger partial charge < -0.3 is 14.8 Å². The lowest BCUT2D eigenvalue weighted by Gasteiger charge is -2.12. The standard InChI is InChI=1S/C19H24N2O3/c1-3-23-17-10-9-14(18(12-17)24-4-2)11-15(13-20)19(22)21-16-7-5-6-8-16/h9-12,16H,3-8H2,1-2H3,(H,21,22). The van der Waals surface area contributed by atoms with Gasteiger partial charge in [0.25, 0.3) is 5.91 Å². The van der Waals surface area contributed by atoms with Crippen LogP contribution in [0.1, 0.15) is 45.1 Å². The molecule has 1 saturated carbocycles. The Balaban J connectivity index is 2.21. The molecule has 24 heavy (non-hydrogen) atoms. The van der Waals surface area contributed by atoms with Gasteiger partial charge in [-0.3, -0.25) is 4.79 Å². The van der Waals surface area contributed by atoms with Gasteiger partial charge >= 0.3 is 0 Å². The average Bonchev–Trinajstić information content (AvgIpc) is 3.07. The predicted octanol–water partition coefficient (Wildman–Crippen LogP) is 3.45. The summed E-state index contributed by atoms with van der Waals surface area (Å²) in [7, 11) is 0. The van der Waals surface area contributed by atoms with E-state index >= 15 is 0 Å². The summed E-state index contributed by atoms with van der Waals surface area (Å²) >= 11 is 0. The number of carbonyl (C=O) groups excluding carboxylic acids is 1. The van der Waals surface area contributed by atoms with Gasteiger partial charge in [-0.2, -0.15) is 5.26 Å². The topological polar surface area (TPSA) is 71.3 Å². The summed E-state index contributed by atoms with van der Waals surface area (Å²) in [5, 5.41) is 12.3. The van der Waals surface area contributed by atoms with Crippen LogP contribution in [0.3, 0.4) is 0 Å². The minimum Gasteiger partial charge on any atom is -0.494 e. The van der Waals surface area contributed by atoms with E-state index in [2.05, 4.69) is 5.32 Å². The van der Waals surface area contributed by atoms with E-state index in [4.69, 9.17) is 9.47 Å². The minimum atomic E-state index is -0.319. The van der Waals surface area contributed by atoms with Crippen LogP contribution < -0.4 is 14.8 Å². The van der Waals surface area contributed by atoms with Crippen molar-refractivity contribution in [2.45, 2.75) is 45.6 Å². The van der Waals surface area contributed by atoms with Crippen LogP contribution in [0, 0.1) is 11.3 Å². The van der Waals surface area contributed by atoms with Crippen molar-refractivity contribution in [3.8, 4) is 17.6 Å². The molecule has 1 aliphatic carbocycles. The number of nitriles is 1. The largest absolute Gasteiger partial charge is 0.494 e. The summed E-state index contributed by atoms with van der Waals surface area (Å²) < 4.78 is 11.1. The van der Waals surface area contributed by atoms with Crippen LogP contribution >= 0.6 is 0 Å². The zero-order valence-electron chi connectivity index (χ0n) is 14.3. The van der Waals surface area contributed by atoms with Crippen LogP contribution in [-0.4, -0.2) is 25.2 Å². The molecule has 0 saturated heterocycles. The summed E-state index contributed by atoms with van der Waals surface area (Å²) in [6, 6.07) is 7.57. The zero-order chi connectivity index (χ0) is 17.4. The molecule has 0 aliphatic heterocycles. The van der Waals surface area contributed by atoms with Crippen LogP contribution in [0.2, 0.25) is 0 Å². The number of benzene rings is 1. The number of carbonyl (C=O) groups is 1. The van der Waals surface area contributed by atoms with E-state index < -0.39 is 0 Å². The van der Waals surface area contributed by atoms with Gasteiger partial charge in [-0.1, -0.05) is 12.8 Å². The second-order valence-electron chi connectivity index (χ2n) is 5.69. The van der Waals surface area contributed by atoms with Gasteiger partial charge in [0.2, 0.25) is 0 Å². The fourth-order valence-corrected chi connectivity index (χ4v) is 2.81. The lowest BCUT2D eigenvalue weighted by molar-refractivity contribution is -0.117. The SMILES string of the molecule is CCOc1ccc(C=C(C#N)C(=O)NC2CCCC2)c(OCC)c1. The first-order chi connectivity index (χ1) is 11.7. The maximum Gasteiger partial charge on any atom is 0.262 e. The normalized spacial score (nSPS) is 15.0. The van der Waals surface area contributed by atoms with Crippen molar-refractivity contribution in [2.75, 3.05) is 13.2 Å². The molecule has 0 heterocycles. The van der Waals surface area contributed by atoms with Crippen molar-refractivity contribution in [2.24, 2.45) is 0 Å². The van der Waals surface area contributed by atoms with Gasteiger partial charge in [0, 0.05) is 17.7 Å². The molecule has 128 valence electrons. The lowest BCUT2D eigenvalue weighted by Crippen LogP contribution is -2.33. The van der Waals surface area contributed by atoms with Crippen molar-refractivity contribution in [3.05, 3.63) is 29.3 Å². The van der Waals surface area contributed by atoms with Gasteiger partial charge in [0.05, 0.1) is 13.2 Å². The van der Waals surface area contributed by atoms with Crippen molar-refractivity contribution >= 4 is 12.0 Å². The van der Waals surface area contributed by atoms with Crippen molar-refractivity contribution in [1.29, 1.82) is 5.26 Å². The lowest BCUT2D eigenvalue weighted by atomic mass is 10.1. The molecule has 1 aromatic rings. The number of nitrogens with one attached hydrogen (secondary N) is 1. The second-order valence-corrected chi connectivity index (χ2v) is 5.69. The van der Waals surface area contributed by atoms with Crippen molar-refractivity contribution in [1.82, 2.24) is 5.32 Å². The van der Waals surface area contributed by atoms with E-state index in [1.807, 2.05) is 26.0 Å². The van der Waals surface area contributed by atoms with Gasteiger partial charge in [-0.25, -0.2) is 0 Å². The molecular weight excluding hydrogens is 304 g/mol. The first kappa shape index (κ1) is 17.9. The van der Waals surface area contributed by atoms with Crippen LogP contribution in [0.25, 0.3) is 6.08 Å². The molecule has 1 aliphatic rings. The smallest absolute Gasteiger partial charge is 0.262 e. The third kappa shape index (κ3) is 4.76. The third-order valence-corrected chi connectivity index (χ3v) is 3.95. The molecule has 2 rings (SSSR count). The molecule has 5 nitrogen and oxygen atoms in total.